The lowest BCUT2D eigenvalue weighted by Gasteiger charge is -2.21. The van der Waals surface area contributed by atoms with Crippen LogP contribution < -0.4 is 9.47 Å². The van der Waals surface area contributed by atoms with Gasteiger partial charge in [0.15, 0.2) is 23.8 Å². The minimum atomic E-state index is -0.286. The van der Waals surface area contributed by atoms with Crippen LogP contribution in [0, 0.1) is 10.1 Å². The van der Waals surface area contributed by atoms with Crippen molar-refractivity contribution in [1.82, 2.24) is 0 Å². The highest BCUT2D eigenvalue weighted by Gasteiger charge is 2.29. The molecule has 0 bridgehead atoms. The van der Waals surface area contributed by atoms with Gasteiger partial charge in [-0.2, -0.15) is 0 Å². The van der Waals surface area contributed by atoms with Crippen LogP contribution in [0.3, 0.4) is 0 Å². The monoisotopic (exact) mass is 425 g/mol. The van der Waals surface area contributed by atoms with Crippen molar-refractivity contribution in [3.05, 3.63) is 63.2 Å². The third-order valence-corrected chi connectivity index (χ3v) is 6.02. The predicted octanol–water partition coefficient (Wildman–Crippen LogP) is 5.53. The lowest BCUT2D eigenvalue weighted by atomic mass is 9.92. The third kappa shape index (κ3) is 5.43. The maximum atomic E-state index is 11.5. The Morgan fingerprint density at radius 2 is 1.74 bits per heavy atom. The first-order chi connectivity index (χ1) is 15.1. The van der Waals surface area contributed by atoms with Crippen LogP contribution in [0.2, 0.25) is 0 Å². The van der Waals surface area contributed by atoms with Gasteiger partial charge in [0.2, 0.25) is 0 Å². The molecule has 0 aromatic heterocycles. The number of unbranched alkanes of at least 4 members (excludes halogenated alkanes) is 4. The largest absolute Gasteiger partial charge is 0.493 e. The predicted molar refractivity (Wildman–Crippen MR) is 123 cm³/mol. The minimum Gasteiger partial charge on any atom is -0.493 e. The number of hydrogen-bond acceptors (Lipinski definition) is 4. The molecule has 0 unspecified atom stereocenters. The molecule has 0 atom stereocenters. The maximum Gasteiger partial charge on any atom is 0.278 e. The van der Waals surface area contributed by atoms with Crippen LogP contribution in [0.1, 0.15) is 62.1 Å². The van der Waals surface area contributed by atoms with E-state index in [4.69, 9.17) is 9.47 Å². The first kappa shape index (κ1) is 22.8. The minimum absolute atomic E-state index is 0.183. The molecule has 31 heavy (non-hydrogen) atoms. The molecule has 166 valence electrons. The summed E-state index contributed by atoms with van der Waals surface area (Å²) in [6.45, 7) is 3.59. The summed E-state index contributed by atoms with van der Waals surface area (Å²) in [7, 11) is 3.31. The van der Waals surface area contributed by atoms with E-state index in [2.05, 4.69) is 23.6 Å². The number of methoxy groups -OCH3 is 2. The van der Waals surface area contributed by atoms with Gasteiger partial charge >= 0.3 is 0 Å². The first-order valence-electron chi connectivity index (χ1n) is 11.2. The number of fused-ring (bicyclic) bond motifs is 1. The Labute approximate surface area is 184 Å². The Kier molecular flexibility index (Phi) is 8.04. The molecule has 0 saturated carbocycles. The zero-order valence-electron chi connectivity index (χ0n) is 18.9. The van der Waals surface area contributed by atoms with E-state index in [1.54, 1.807) is 26.4 Å². The molecule has 6 nitrogen and oxygen atoms in total. The molecule has 3 rings (SSSR count). The third-order valence-electron chi connectivity index (χ3n) is 6.02. The number of nitro groups is 1. The molecule has 6 heteroatoms. The average molecular weight is 426 g/mol. The standard InChI is InChI=1S/C25H33N2O4/c1-4-5-6-7-8-13-23-21-17-25(31-3)24(30-2)16-19(21)14-15-26(23)18-20-11-9-10-12-22(20)27(28)29/h9-12,16-17H,4-8,13-15,18H2,1-3H3/q+1. The van der Waals surface area contributed by atoms with E-state index in [9.17, 15) is 10.1 Å². The maximum absolute atomic E-state index is 11.5. The smallest absolute Gasteiger partial charge is 0.278 e. The fraction of sp³-hybridized carbons (Fsp3) is 0.480. The van der Waals surface area contributed by atoms with E-state index >= 15 is 0 Å². The zero-order chi connectivity index (χ0) is 22.2. The van der Waals surface area contributed by atoms with E-state index in [1.165, 1.54) is 42.5 Å². The first-order valence-corrected chi connectivity index (χ1v) is 11.2. The van der Waals surface area contributed by atoms with Crippen LogP contribution in [-0.2, 0) is 13.0 Å². The van der Waals surface area contributed by atoms with Crippen molar-refractivity contribution in [1.29, 1.82) is 0 Å². The number of ether oxygens (including phenoxy) is 2. The van der Waals surface area contributed by atoms with Gasteiger partial charge in [-0.25, -0.2) is 4.58 Å². The summed E-state index contributed by atoms with van der Waals surface area (Å²) < 4.78 is 13.4. The number of nitro benzene ring substituents is 1. The summed E-state index contributed by atoms with van der Waals surface area (Å²) in [5.74, 6) is 1.47. The highest BCUT2D eigenvalue weighted by molar-refractivity contribution is 5.99. The van der Waals surface area contributed by atoms with Gasteiger partial charge in [0.05, 0.1) is 24.7 Å². The molecule has 0 saturated heterocycles. The van der Waals surface area contributed by atoms with Gasteiger partial charge in [0.25, 0.3) is 5.69 Å². The van der Waals surface area contributed by atoms with Gasteiger partial charge < -0.3 is 9.47 Å². The second-order valence-corrected chi connectivity index (χ2v) is 8.03. The van der Waals surface area contributed by atoms with Gasteiger partial charge in [-0.3, -0.25) is 10.1 Å². The Hall–Kier alpha value is -2.89. The summed E-state index contributed by atoms with van der Waals surface area (Å²) >= 11 is 0. The molecule has 2 aromatic carbocycles. The van der Waals surface area contributed by atoms with Crippen LogP contribution in [0.5, 0.6) is 11.5 Å². The van der Waals surface area contributed by atoms with Crippen molar-refractivity contribution in [2.24, 2.45) is 0 Å². The quantitative estimate of drug-likeness (QED) is 0.205. The summed E-state index contributed by atoms with van der Waals surface area (Å²) in [6, 6.07) is 11.2. The normalized spacial score (nSPS) is 13.1. The van der Waals surface area contributed by atoms with E-state index in [0.29, 0.717) is 6.54 Å². The molecule has 0 spiro atoms. The van der Waals surface area contributed by atoms with Gasteiger partial charge in [0, 0.05) is 24.5 Å². The van der Waals surface area contributed by atoms with Crippen molar-refractivity contribution in [2.75, 3.05) is 20.8 Å². The van der Waals surface area contributed by atoms with E-state index in [0.717, 1.165) is 42.9 Å². The Bertz CT molecular complexity index is 953. The molecule has 0 radical (unpaired) electrons. The number of nitrogens with zero attached hydrogens (tertiary/aromatic N) is 2. The second-order valence-electron chi connectivity index (χ2n) is 8.03. The number of rotatable bonds is 11. The van der Waals surface area contributed by atoms with Crippen LogP contribution in [0.15, 0.2) is 36.4 Å². The van der Waals surface area contributed by atoms with Gasteiger partial charge in [-0.1, -0.05) is 44.7 Å². The van der Waals surface area contributed by atoms with Gasteiger partial charge in [0.1, 0.15) is 6.54 Å². The van der Waals surface area contributed by atoms with Crippen molar-refractivity contribution in [3.8, 4) is 11.5 Å². The average Bonchev–Trinajstić information content (AvgIpc) is 2.79. The molecule has 0 N–H and O–H groups in total. The summed E-state index contributed by atoms with van der Waals surface area (Å²) in [5.41, 5.74) is 4.61. The molecular formula is C25H33N2O4+. The lowest BCUT2D eigenvalue weighted by molar-refractivity contribution is -0.546. The number of benzene rings is 2. The summed E-state index contributed by atoms with van der Waals surface area (Å²) in [4.78, 5) is 11.2. The topological polar surface area (TPSA) is 64.6 Å². The number of para-hydroxylation sites is 1. The van der Waals surface area contributed by atoms with E-state index in [-0.39, 0.29) is 10.6 Å². The van der Waals surface area contributed by atoms with E-state index in [1.807, 2.05) is 12.1 Å². The van der Waals surface area contributed by atoms with Crippen molar-refractivity contribution in [2.45, 2.75) is 58.4 Å². The fourth-order valence-corrected chi connectivity index (χ4v) is 4.35. The van der Waals surface area contributed by atoms with E-state index < -0.39 is 0 Å². The van der Waals surface area contributed by atoms with Crippen LogP contribution in [0.4, 0.5) is 5.69 Å². The van der Waals surface area contributed by atoms with Crippen molar-refractivity contribution < 1.29 is 19.0 Å². The zero-order valence-corrected chi connectivity index (χ0v) is 18.9. The highest BCUT2D eigenvalue weighted by atomic mass is 16.6. The Balaban J connectivity index is 1.98. The molecule has 0 fully saturated rings. The fourth-order valence-electron chi connectivity index (χ4n) is 4.35. The summed E-state index contributed by atoms with van der Waals surface area (Å²) in [6.07, 6.45) is 7.85. The molecule has 1 aliphatic rings. The summed E-state index contributed by atoms with van der Waals surface area (Å²) in [5, 5.41) is 11.5. The van der Waals surface area contributed by atoms with Gasteiger partial charge in [-0.15, -0.1) is 0 Å². The van der Waals surface area contributed by atoms with Crippen LogP contribution in [-0.4, -0.2) is 36.0 Å². The van der Waals surface area contributed by atoms with Gasteiger partial charge in [-0.05, 0) is 30.2 Å². The van der Waals surface area contributed by atoms with Crippen LogP contribution in [0.25, 0.3) is 0 Å². The molecule has 1 aliphatic heterocycles. The highest BCUT2D eigenvalue weighted by Crippen LogP contribution is 2.34. The Morgan fingerprint density at radius 3 is 2.45 bits per heavy atom. The number of hydrogen-bond donors (Lipinski definition) is 0. The lowest BCUT2D eigenvalue weighted by Crippen LogP contribution is -2.30. The SMILES string of the molecule is CCCCCCCC1=[N+](Cc2ccccc2[N+](=O)[O-])CCc2cc(OC)c(OC)cc21. The second kappa shape index (κ2) is 10.9. The van der Waals surface area contributed by atoms with Crippen molar-refractivity contribution in [3.63, 3.8) is 0 Å². The Morgan fingerprint density at radius 1 is 1.03 bits per heavy atom. The molecular weight excluding hydrogens is 392 g/mol. The molecule has 1 heterocycles. The van der Waals surface area contributed by atoms with Crippen LogP contribution >= 0.6 is 0 Å². The van der Waals surface area contributed by atoms with Crippen molar-refractivity contribution >= 4 is 11.4 Å². The molecule has 0 aliphatic carbocycles. The molecule has 0 amide bonds. The molecule has 2 aromatic rings.